The first-order valence-corrected chi connectivity index (χ1v) is 8.37. The molecular formula is C20H20N2O3. The number of hydrogen-bond donors (Lipinski definition) is 3. The summed E-state index contributed by atoms with van der Waals surface area (Å²) in [5.74, 6) is 0.0266. The third-order valence-electron chi connectivity index (χ3n) is 4.94. The van der Waals surface area contributed by atoms with Gasteiger partial charge in [0.15, 0.2) is 0 Å². The van der Waals surface area contributed by atoms with E-state index in [1.807, 2.05) is 18.3 Å². The van der Waals surface area contributed by atoms with Gasteiger partial charge in [0.2, 0.25) is 0 Å². The number of ether oxygens (including phenoxy) is 1. The maximum absolute atomic E-state index is 11.1. The highest BCUT2D eigenvalue weighted by atomic mass is 16.5. The van der Waals surface area contributed by atoms with Crippen LogP contribution in [0, 0.1) is 0 Å². The van der Waals surface area contributed by atoms with E-state index in [4.69, 9.17) is 9.84 Å². The predicted molar refractivity (Wildman–Crippen MR) is 96.3 cm³/mol. The van der Waals surface area contributed by atoms with Crippen LogP contribution in [0.4, 0.5) is 0 Å². The Bertz CT molecular complexity index is 945. The minimum absolute atomic E-state index is 0.311. The molecule has 1 unspecified atom stereocenters. The summed E-state index contributed by atoms with van der Waals surface area (Å²) in [6.45, 7) is 0.717. The van der Waals surface area contributed by atoms with Gasteiger partial charge in [-0.2, -0.15) is 0 Å². The summed E-state index contributed by atoms with van der Waals surface area (Å²) in [6, 6.07) is 11.9. The second kappa shape index (κ2) is 6.26. The minimum Gasteiger partial charge on any atom is -0.496 e. The van der Waals surface area contributed by atoms with Gasteiger partial charge in [0, 0.05) is 35.2 Å². The summed E-state index contributed by atoms with van der Waals surface area (Å²) in [6.07, 6.45) is 3.69. The summed E-state index contributed by atoms with van der Waals surface area (Å²) < 4.78 is 5.61. The lowest BCUT2D eigenvalue weighted by molar-refractivity contribution is 0.0696. The van der Waals surface area contributed by atoms with E-state index in [0.717, 1.165) is 47.2 Å². The van der Waals surface area contributed by atoms with E-state index < -0.39 is 5.97 Å². The van der Waals surface area contributed by atoms with Crippen molar-refractivity contribution in [1.82, 2.24) is 10.3 Å². The van der Waals surface area contributed by atoms with Crippen molar-refractivity contribution in [2.75, 3.05) is 7.11 Å². The number of carboxylic acid groups (broad SMARTS) is 1. The highest BCUT2D eigenvalue weighted by Gasteiger charge is 2.22. The van der Waals surface area contributed by atoms with Crippen molar-refractivity contribution in [2.24, 2.45) is 0 Å². The number of fused-ring (bicyclic) bond motifs is 2. The number of methoxy groups -OCH3 is 1. The SMILES string of the molecule is COc1c(CNC2Cc3ccc(C(=O)O)cc3C2)ccc2[nH]ccc12. The van der Waals surface area contributed by atoms with Gasteiger partial charge >= 0.3 is 5.97 Å². The van der Waals surface area contributed by atoms with E-state index in [9.17, 15) is 4.79 Å². The van der Waals surface area contributed by atoms with Gasteiger partial charge in [0.1, 0.15) is 5.75 Å². The molecule has 128 valence electrons. The molecule has 5 heteroatoms. The molecule has 3 aromatic rings. The van der Waals surface area contributed by atoms with Crippen LogP contribution in [0.3, 0.4) is 0 Å². The third kappa shape index (κ3) is 2.87. The van der Waals surface area contributed by atoms with E-state index >= 15 is 0 Å². The number of aromatic amines is 1. The summed E-state index contributed by atoms with van der Waals surface area (Å²) in [5.41, 5.74) is 4.91. The average Bonchev–Trinajstić information content (AvgIpc) is 3.24. The molecule has 0 spiro atoms. The van der Waals surface area contributed by atoms with Gasteiger partial charge in [-0.05, 0) is 48.2 Å². The van der Waals surface area contributed by atoms with Crippen LogP contribution in [0.5, 0.6) is 5.75 Å². The Balaban J connectivity index is 1.48. The van der Waals surface area contributed by atoms with Crippen molar-refractivity contribution in [2.45, 2.75) is 25.4 Å². The maximum Gasteiger partial charge on any atom is 0.335 e. The largest absolute Gasteiger partial charge is 0.496 e. The Labute approximate surface area is 145 Å². The van der Waals surface area contributed by atoms with E-state index in [1.54, 1.807) is 19.2 Å². The van der Waals surface area contributed by atoms with Gasteiger partial charge in [0.05, 0.1) is 12.7 Å². The molecule has 0 fully saturated rings. The Morgan fingerprint density at radius 3 is 2.88 bits per heavy atom. The Hall–Kier alpha value is -2.79. The van der Waals surface area contributed by atoms with Crippen LogP contribution in [0.15, 0.2) is 42.6 Å². The molecule has 0 saturated heterocycles. The number of rotatable bonds is 5. The monoisotopic (exact) mass is 336 g/mol. The van der Waals surface area contributed by atoms with Crippen LogP contribution < -0.4 is 10.1 Å². The summed E-state index contributed by atoms with van der Waals surface area (Å²) >= 11 is 0. The van der Waals surface area contributed by atoms with Gasteiger partial charge < -0.3 is 20.1 Å². The van der Waals surface area contributed by atoms with E-state index in [-0.39, 0.29) is 0 Å². The summed E-state index contributed by atoms with van der Waals surface area (Å²) in [4.78, 5) is 14.3. The van der Waals surface area contributed by atoms with Crippen LogP contribution >= 0.6 is 0 Å². The van der Waals surface area contributed by atoms with Crippen LogP contribution in [-0.4, -0.2) is 29.2 Å². The van der Waals surface area contributed by atoms with Crippen molar-refractivity contribution < 1.29 is 14.6 Å². The van der Waals surface area contributed by atoms with Gasteiger partial charge in [-0.1, -0.05) is 12.1 Å². The summed E-state index contributed by atoms with van der Waals surface area (Å²) in [7, 11) is 1.70. The zero-order valence-corrected chi connectivity index (χ0v) is 14.0. The molecule has 1 aliphatic carbocycles. The fourth-order valence-electron chi connectivity index (χ4n) is 3.68. The maximum atomic E-state index is 11.1. The topological polar surface area (TPSA) is 74.3 Å². The molecule has 0 bridgehead atoms. The molecule has 25 heavy (non-hydrogen) atoms. The molecule has 2 aromatic carbocycles. The van der Waals surface area contributed by atoms with Crippen LogP contribution in [-0.2, 0) is 19.4 Å². The molecule has 0 saturated carbocycles. The molecule has 0 amide bonds. The highest BCUT2D eigenvalue weighted by Crippen LogP contribution is 2.30. The number of nitrogens with one attached hydrogen (secondary N) is 2. The number of hydrogen-bond acceptors (Lipinski definition) is 3. The Kier molecular flexibility index (Phi) is 3.93. The number of H-pyrrole nitrogens is 1. The lowest BCUT2D eigenvalue weighted by Crippen LogP contribution is -2.29. The molecule has 4 rings (SSSR count). The molecule has 1 aromatic heterocycles. The predicted octanol–water partition coefficient (Wildman–Crippen LogP) is 3.13. The quantitative estimate of drug-likeness (QED) is 0.669. The third-order valence-corrected chi connectivity index (χ3v) is 4.94. The molecule has 1 atom stereocenters. The Morgan fingerprint density at radius 1 is 1.24 bits per heavy atom. The standard InChI is InChI=1S/C20H20N2O3/c1-25-19-14(4-5-18-17(19)6-7-21-18)11-22-16-9-12-2-3-13(20(23)24)8-15(12)10-16/h2-8,16,21-22H,9-11H2,1H3,(H,23,24). The number of aromatic carboxylic acids is 1. The fraction of sp³-hybridized carbons (Fsp3) is 0.250. The number of aromatic nitrogens is 1. The van der Waals surface area contributed by atoms with E-state index in [1.165, 1.54) is 5.56 Å². The lowest BCUT2D eigenvalue weighted by atomic mass is 10.1. The molecule has 0 radical (unpaired) electrons. The zero-order valence-electron chi connectivity index (χ0n) is 14.0. The minimum atomic E-state index is -0.872. The van der Waals surface area contributed by atoms with Gasteiger partial charge in [-0.15, -0.1) is 0 Å². The first-order chi connectivity index (χ1) is 12.2. The van der Waals surface area contributed by atoms with E-state index in [2.05, 4.69) is 22.4 Å². The number of benzene rings is 2. The number of carbonyl (C=O) groups is 1. The lowest BCUT2D eigenvalue weighted by Gasteiger charge is -2.15. The second-order valence-electron chi connectivity index (χ2n) is 6.47. The molecule has 1 aliphatic rings. The van der Waals surface area contributed by atoms with Gasteiger partial charge in [-0.3, -0.25) is 0 Å². The van der Waals surface area contributed by atoms with Crippen molar-refractivity contribution in [3.05, 3.63) is 64.8 Å². The number of carboxylic acids is 1. The second-order valence-corrected chi connectivity index (χ2v) is 6.47. The van der Waals surface area contributed by atoms with Crippen LogP contribution in [0.1, 0.15) is 27.0 Å². The first-order valence-electron chi connectivity index (χ1n) is 8.37. The molecule has 0 aliphatic heterocycles. The van der Waals surface area contributed by atoms with Crippen molar-refractivity contribution in [3.63, 3.8) is 0 Å². The van der Waals surface area contributed by atoms with E-state index in [0.29, 0.717) is 11.6 Å². The molecule has 3 N–H and O–H groups in total. The summed E-state index contributed by atoms with van der Waals surface area (Å²) in [5, 5.41) is 13.8. The molecule has 5 nitrogen and oxygen atoms in total. The van der Waals surface area contributed by atoms with Crippen molar-refractivity contribution >= 4 is 16.9 Å². The Morgan fingerprint density at radius 2 is 2.08 bits per heavy atom. The van der Waals surface area contributed by atoms with Gasteiger partial charge in [0.25, 0.3) is 0 Å². The smallest absolute Gasteiger partial charge is 0.335 e. The van der Waals surface area contributed by atoms with Crippen LogP contribution in [0.2, 0.25) is 0 Å². The highest BCUT2D eigenvalue weighted by molar-refractivity contribution is 5.88. The first kappa shape index (κ1) is 15.7. The fourth-order valence-corrected chi connectivity index (χ4v) is 3.68. The zero-order chi connectivity index (χ0) is 17.4. The normalized spacial score (nSPS) is 16.1. The van der Waals surface area contributed by atoms with Crippen molar-refractivity contribution in [3.8, 4) is 5.75 Å². The molecular weight excluding hydrogens is 316 g/mol. The average molecular weight is 336 g/mol. The van der Waals surface area contributed by atoms with Gasteiger partial charge in [-0.25, -0.2) is 4.79 Å². The van der Waals surface area contributed by atoms with Crippen molar-refractivity contribution in [1.29, 1.82) is 0 Å². The molecule has 1 heterocycles. The van der Waals surface area contributed by atoms with Crippen LogP contribution in [0.25, 0.3) is 10.9 Å².